The van der Waals surface area contributed by atoms with E-state index in [2.05, 4.69) is 38.4 Å². The minimum atomic E-state index is -0.444. The van der Waals surface area contributed by atoms with Crippen molar-refractivity contribution in [1.82, 2.24) is 35.1 Å². The summed E-state index contributed by atoms with van der Waals surface area (Å²) in [6.45, 7) is 4.04. The van der Waals surface area contributed by atoms with E-state index in [1.807, 2.05) is 31.3 Å². The number of fused-ring (bicyclic) bond motifs is 3. The second kappa shape index (κ2) is 15.3. The lowest BCUT2D eigenvalue weighted by Crippen LogP contribution is -2.39. The molecule has 0 spiro atoms. The molecule has 2 N–H and O–H groups in total. The molecule has 6 aromatic rings. The summed E-state index contributed by atoms with van der Waals surface area (Å²) in [6, 6.07) is 14.8. The molecule has 3 amide bonds. The van der Waals surface area contributed by atoms with Crippen LogP contribution in [-0.4, -0.2) is 68.5 Å². The zero-order chi connectivity index (χ0) is 39.9. The van der Waals surface area contributed by atoms with E-state index < -0.39 is 5.92 Å². The molecule has 2 saturated heterocycles. The Morgan fingerprint density at radius 2 is 1.83 bits per heavy atom. The number of hydrogen-bond donors (Lipinski definition) is 2. The van der Waals surface area contributed by atoms with Crippen LogP contribution < -0.4 is 21.1 Å². The number of imide groups is 1. The molecule has 0 aliphatic carbocycles. The maximum Gasteiger partial charge on any atom is 0.270 e. The van der Waals surface area contributed by atoms with Crippen LogP contribution in [0.2, 0.25) is 0 Å². The predicted octanol–water partition coefficient (Wildman–Crippen LogP) is 5.12. The van der Waals surface area contributed by atoms with Crippen LogP contribution in [-0.2, 0) is 27.8 Å². The van der Waals surface area contributed by atoms with Crippen LogP contribution >= 0.6 is 0 Å². The molecule has 2 fully saturated rings. The number of amides is 3. The van der Waals surface area contributed by atoms with Gasteiger partial charge >= 0.3 is 0 Å². The van der Waals surface area contributed by atoms with Crippen molar-refractivity contribution in [3.8, 4) is 23.2 Å². The van der Waals surface area contributed by atoms with E-state index in [9.17, 15) is 19.2 Å². The fourth-order valence-electron chi connectivity index (χ4n) is 8.19. The van der Waals surface area contributed by atoms with Crippen molar-refractivity contribution in [3.05, 3.63) is 105 Å². The second-order valence-corrected chi connectivity index (χ2v) is 15.0. The highest BCUT2D eigenvalue weighted by Gasteiger charge is 2.30. The molecule has 1 atom stereocenters. The van der Waals surface area contributed by atoms with E-state index >= 15 is 0 Å². The number of aromatic nitrogens is 5. The SMILES string of the molecule is Cc1cc2c(N3CCCc4nc(-c5ccc(C(=O)NCC#Cc6cc7c([C@@H]8CCC(=O)NC8=O)cccc7o6)nc5)ncc43)cc(C3CCOCC3)nc2n(C)c1=O. The van der Waals surface area contributed by atoms with E-state index in [1.54, 1.807) is 42.1 Å². The molecule has 0 unspecified atom stereocenters. The summed E-state index contributed by atoms with van der Waals surface area (Å²) in [5, 5.41) is 6.86. The molecule has 58 heavy (non-hydrogen) atoms. The van der Waals surface area contributed by atoms with E-state index in [0.29, 0.717) is 53.6 Å². The first-order valence-corrected chi connectivity index (χ1v) is 19.5. The standard InChI is InChI=1S/C44H40N8O6/c1-25-20-32-36(22-35(26-14-18-57-19-15-26)49-41(32)51(2)44(25)56)52-17-5-8-33-37(52)24-47-40(48-33)27-10-12-34(46-23-27)43(55)45-16-4-6-28-21-31-29(7-3-9-38(31)58-28)30-11-13-39(53)50-42(30)54/h3,7,9-10,12,20-24,26,30H,5,8,11,13-19H2,1-2H3,(H,45,55)(H,50,53,54)/t30-/m0/s1. The van der Waals surface area contributed by atoms with Crippen LogP contribution in [0, 0.1) is 18.8 Å². The smallest absolute Gasteiger partial charge is 0.270 e. The summed E-state index contributed by atoms with van der Waals surface area (Å²) in [5.41, 5.74) is 7.31. The fraction of sp³-hybridized carbons (Fsp3) is 0.318. The Labute approximate surface area is 333 Å². The molecule has 292 valence electrons. The maximum atomic E-state index is 13.0. The maximum absolute atomic E-state index is 13.0. The topological polar surface area (TPSA) is 174 Å². The molecule has 1 aromatic carbocycles. The molecule has 0 radical (unpaired) electrons. The highest BCUT2D eigenvalue weighted by Crippen LogP contribution is 2.39. The number of ether oxygens (including phenoxy) is 1. The lowest BCUT2D eigenvalue weighted by molar-refractivity contribution is -0.134. The molecule has 5 aromatic heterocycles. The van der Waals surface area contributed by atoms with Crippen molar-refractivity contribution >= 4 is 51.1 Å². The number of furan rings is 1. The van der Waals surface area contributed by atoms with Gasteiger partial charge in [-0.1, -0.05) is 18.1 Å². The van der Waals surface area contributed by atoms with Gasteiger partial charge in [-0.3, -0.25) is 34.0 Å². The van der Waals surface area contributed by atoms with Gasteiger partial charge in [-0.25, -0.2) is 15.0 Å². The van der Waals surface area contributed by atoms with Gasteiger partial charge < -0.3 is 19.4 Å². The van der Waals surface area contributed by atoms with E-state index in [0.717, 1.165) is 71.3 Å². The minimum absolute atomic E-state index is 0.0585. The summed E-state index contributed by atoms with van der Waals surface area (Å²) in [6.07, 6.45) is 7.58. The minimum Gasteiger partial charge on any atom is -0.448 e. The predicted molar refractivity (Wildman–Crippen MR) is 216 cm³/mol. The van der Waals surface area contributed by atoms with E-state index in [4.69, 9.17) is 24.1 Å². The van der Waals surface area contributed by atoms with Crippen LogP contribution in [0.4, 0.5) is 11.4 Å². The number of aryl methyl sites for hydroxylation is 3. The molecule has 3 aliphatic rings. The van der Waals surface area contributed by atoms with Gasteiger partial charge in [-0.2, -0.15) is 0 Å². The number of nitrogens with zero attached hydrogens (tertiary/aromatic N) is 6. The van der Waals surface area contributed by atoms with Gasteiger partial charge in [0.15, 0.2) is 11.6 Å². The lowest BCUT2D eigenvalue weighted by atomic mass is 9.88. The Balaban J connectivity index is 0.901. The van der Waals surface area contributed by atoms with Crippen molar-refractivity contribution in [1.29, 1.82) is 0 Å². The molecule has 0 saturated carbocycles. The Morgan fingerprint density at radius 3 is 2.64 bits per heavy atom. The van der Waals surface area contributed by atoms with E-state index in [1.165, 1.54) is 0 Å². The number of pyridine rings is 3. The number of benzene rings is 1. The summed E-state index contributed by atoms with van der Waals surface area (Å²) in [5.74, 6) is 5.61. The first-order chi connectivity index (χ1) is 28.2. The van der Waals surface area contributed by atoms with Crippen LogP contribution in [0.15, 0.2) is 70.1 Å². The third-order valence-electron chi connectivity index (χ3n) is 11.2. The van der Waals surface area contributed by atoms with Gasteiger partial charge in [0.2, 0.25) is 11.8 Å². The monoisotopic (exact) mass is 776 g/mol. The van der Waals surface area contributed by atoms with Crippen molar-refractivity contribution in [2.24, 2.45) is 7.05 Å². The zero-order valence-electron chi connectivity index (χ0n) is 32.1. The Morgan fingerprint density at radius 1 is 0.966 bits per heavy atom. The van der Waals surface area contributed by atoms with Gasteiger partial charge in [0.05, 0.1) is 35.7 Å². The van der Waals surface area contributed by atoms with Crippen molar-refractivity contribution in [2.45, 2.75) is 57.3 Å². The number of hydrogen-bond acceptors (Lipinski definition) is 11. The van der Waals surface area contributed by atoms with Crippen LogP contribution in [0.3, 0.4) is 0 Å². The van der Waals surface area contributed by atoms with Crippen molar-refractivity contribution in [2.75, 3.05) is 31.2 Å². The fourth-order valence-corrected chi connectivity index (χ4v) is 8.19. The number of piperidine rings is 1. The molecule has 14 nitrogen and oxygen atoms in total. The Hall–Kier alpha value is -6.72. The van der Waals surface area contributed by atoms with Crippen LogP contribution in [0.5, 0.6) is 0 Å². The zero-order valence-corrected chi connectivity index (χ0v) is 32.1. The number of carbonyl (C=O) groups excluding carboxylic acids is 3. The molecule has 3 aliphatic heterocycles. The molecular weight excluding hydrogens is 737 g/mol. The normalized spacial score (nSPS) is 17.1. The highest BCUT2D eigenvalue weighted by molar-refractivity contribution is 6.03. The van der Waals surface area contributed by atoms with Crippen molar-refractivity contribution in [3.63, 3.8) is 0 Å². The largest absolute Gasteiger partial charge is 0.448 e. The molecule has 9 rings (SSSR count). The van der Waals surface area contributed by atoms with Gasteiger partial charge in [0.1, 0.15) is 16.9 Å². The number of rotatable bonds is 6. The third kappa shape index (κ3) is 6.98. The number of carbonyl (C=O) groups is 3. The first kappa shape index (κ1) is 36.9. The van der Waals surface area contributed by atoms with Gasteiger partial charge in [-0.05, 0) is 80.8 Å². The first-order valence-electron chi connectivity index (χ1n) is 19.5. The second-order valence-electron chi connectivity index (χ2n) is 15.0. The summed E-state index contributed by atoms with van der Waals surface area (Å²) in [7, 11) is 1.78. The molecular formula is C44H40N8O6. The van der Waals surface area contributed by atoms with E-state index in [-0.39, 0.29) is 47.9 Å². The van der Waals surface area contributed by atoms with Gasteiger partial charge in [0, 0.05) is 79.0 Å². The highest BCUT2D eigenvalue weighted by atomic mass is 16.5. The summed E-state index contributed by atoms with van der Waals surface area (Å²) >= 11 is 0. The number of nitrogens with one attached hydrogen (secondary N) is 2. The lowest BCUT2D eigenvalue weighted by Gasteiger charge is -2.32. The Bertz CT molecular complexity index is 2760. The summed E-state index contributed by atoms with van der Waals surface area (Å²) in [4.78, 5) is 71.5. The molecule has 0 bridgehead atoms. The average molecular weight is 777 g/mol. The van der Waals surface area contributed by atoms with Crippen molar-refractivity contribution < 1.29 is 23.5 Å². The van der Waals surface area contributed by atoms with Crippen LogP contribution in [0.25, 0.3) is 33.4 Å². The average Bonchev–Trinajstić information content (AvgIpc) is 3.68. The molecule has 8 heterocycles. The van der Waals surface area contributed by atoms with Gasteiger partial charge in [0.25, 0.3) is 11.5 Å². The summed E-state index contributed by atoms with van der Waals surface area (Å²) < 4.78 is 13.2. The Kier molecular flexibility index (Phi) is 9.74. The quantitative estimate of drug-likeness (QED) is 0.170. The van der Waals surface area contributed by atoms with Gasteiger partial charge in [-0.15, -0.1) is 0 Å². The molecule has 14 heteroatoms. The number of anilines is 2. The third-order valence-corrected chi connectivity index (χ3v) is 11.2. The van der Waals surface area contributed by atoms with Crippen LogP contribution in [0.1, 0.15) is 82.7 Å².